The zero-order chi connectivity index (χ0) is 31.3. The Kier molecular flexibility index (Phi) is 5.28. The van der Waals surface area contributed by atoms with Crippen LogP contribution in [0.3, 0.4) is 0 Å². The Morgan fingerprint density at radius 3 is 2.04 bits per heavy atom. The predicted molar refractivity (Wildman–Crippen MR) is 191 cm³/mol. The molecule has 6 aromatic carbocycles. The van der Waals surface area contributed by atoms with Gasteiger partial charge in [-0.1, -0.05) is 117 Å². The quantitative estimate of drug-likeness (QED) is 0.202. The number of hydrogen-bond acceptors (Lipinski definition) is 3. The Morgan fingerprint density at radius 2 is 1.19 bits per heavy atom. The Labute approximate surface area is 271 Å². The molecule has 0 aliphatic heterocycles. The Balaban J connectivity index is 1.24. The largest absolute Gasteiger partial charge is 0.308 e. The van der Waals surface area contributed by atoms with Gasteiger partial charge in [0, 0.05) is 32.7 Å². The van der Waals surface area contributed by atoms with Gasteiger partial charge >= 0.3 is 0 Å². The predicted octanol–water partition coefficient (Wildman–Crippen LogP) is 10.0. The molecule has 0 atom stereocenters. The number of aromatic nitrogens is 5. The van der Waals surface area contributed by atoms with Crippen molar-refractivity contribution in [2.45, 2.75) is 19.3 Å². The minimum atomic E-state index is -0.0733. The van der Waals surface area contributed by atoms with Crippen LogP contribution in [0.1, 0.15) is 25.0 Å². The van der Waals surface area contributed by atoms with E-state index in [-0.39, 0.29) is 5.41 Å². The van der Waals surface area contributed by atoms with Crippen LogP contribution >= 0.6 is 0 Å². The third-order valence-electron chi connectivity index (χ3n) is 10.00. The summed E-state index contributed by atoms with van der Waals surface area (Å²) < 4.78 is 4.27. The summed E-state index contributed by atoms with van der Waals surface area (Å²) in [5.41, 5.74) is 12.5. The second-order valence-electron chi connectivity index (χ2n) is 12.9. The van der Waals surface area contributed by atoms with Gasteiger partial charge in [0.1, 0.15) is 0 Å². The van der Waals surface area contributed by atoms with Gasteiger partial charge in [0.2, 0.25) is 0 Å². The van der Waals surface area contributed by atoms with E-state index in [2.05, 4.69) is 128 Å². The zero-order valence-electron chi connectivity index (χ0n) is 26.0. The average Bonchev–Trinajstić information content (AvgIpc) is 3.76. The molecule has 1 aliphatic rings. The number of fused-ring (bicyclic) bond motifs is 9. The van der Waals surface area contributed by atoms with Crippen LogP contribution in [0.2, 0.25) is 0 Å². The van der Waals surface area contributed by atoms with Gasteiger partial charge in [-0.05, 0) is 58.7 Å². The van der Waals surface area contributed by atoms with Crippen LogP contribution in [0, 0.1) is 0 Å². The standard InChI is InChI=1S/C42H29N5/c1-42(2)33-20-10-6-16-27(33)31-25-38-32(24-34(31)42)28-17-7-11-21-35(28)46(38)36-22-12-9-19-30(36)40-44-41-43-39(26-14-4-3-5-15-26)29-18-8-13-23-37(29)47(41)45-40/h3-25H,1-2H3. The SMILES string of the molecule is CC1(C)c2ccccc2-c2cc3c(cc21)c1ccccc1n3-c1ccccc1-c1nc2nc(-c3ccccc3)c3ccccc3n2n1. The van der Waals surface area contributed by atoms with Crippen molar-refractivity contribution in [1.29, 1.82) is 0 Å². The van der Waals surface area contributed by atoms with E-state index in [1.54, 1.807) is 0 Å². The molecule has 3 heterocycles. The maximum Gasteiger partial charge on any atom is 0.253 e. The van der Waals surface area contributed by atoms with Gasteiger partial charge in [-0.3, -0.25) is 0 Å². The lowest BCUT2D eigenvalue weighted by atomic mass is 9.82. The van der Waals surface area contributed by atoms with E-state index in [1.165, 1.54) is 38.5 Å². The Hall–Kier alpha value is -6.07. The van der Waals surface area contributed by atoms with Gasteiger partial charge < -0.3 is 4.57 Å². The van der Waals surface area contributed by atoms with Gasteiger partial charge in [0.25, 0.3) is 5.78 Å². The summed E-state index contributed by atoms with van der Waals surface area (Å²) >= 11 is 0. The highest BCUT2D eigenvalue weighted by Crippen LogP contribution is 2.51. The average molecular weight is 604 g/mol. The summed E-state index contributed by atoms with van der Waals surface area (Å²) in [5.74, 6) is 1.22. The molecule has 9 aromatic rings. The lowest BCUT2D eigenvalue weighted by molar-refractivity contribution is 0.661. The molecule has 5 heteroatoms. The summed E-state index contributed by atoms with van der Waals surface area (Å²) in [7, 11) is 0. The number of para-hydroxylation sites is 3. The first kappa shape index (κ1) is 26.2. The van der Waals surface area contributed by atoms with E-state index in [0.29, 0.717) is 11.6 Å². The molecular formula is C42H29N5. The van der Waals surface area contributed by atoms with Crippen molar-refractivity contribution in [2.24, 2.45) is 0 Å². The van der Waals surface area contributed by atoms with E-state index in [0.717, 1.165) is 38.9 Å². The van der Waals surface area contributed by atoms with E-state index < -0.39 is 0 Å². The highest BCUT2D eigenvalue weighted by Gasteiger charge is 2.36. The first-order chi connectivity index (χ1) is 23.1. The van der Waals surface area contributed by atoms with Crippen molar-refractivity contribution in [3.05, 3.63) is 151 Å². The van der Waals surface area contributed by atoms with E-state index >= 15 is 0 Å². The summed E-state index contributed by atoms with van der Waals surface area (Å²) in [4.78, 5) is 10.2. The van der Waals surface area contributed by atoms with Gasteiger partial charge in [-0.15, -0.1) is 5.10 Å². The van der Waals surface area contributed by atoms with Crippen molar-refractivity contribution in [2.75, 3.05) is 0 Å². The smallest absolute Gasteiger partial charge is 0.253 e. The summed E-state index contributed by atoms with van der Waals surface area (Å²) in [6.45, 7) is 4.68. The molecule has 0 bridgehead atoms. The number of rotatable bonds is 3. The molecule has 0 N–H and O–H groups in total. The molecule has 0 unspecified atom stereocenters. The molecule has 0 fully saturated rings. The Morgan fingerprint density at radius 1 is 0.511 bits per heavy atom. The van der Waals surface area contributed by atoms with Gasteiger partial charge in [-0.2, -0.15) is 9.50 Å². The van der Waals surface area contributed by atoms with Gasteiger partial charge in [0.15, 0.2) is 5.82 Å². The van der Waals surface area contributed by atoms with E-state index in [4.69, 9.17) is 15.1 Å². The molecule has 0 saturated carbocycles. The third-order valence-corrected chi connectivity index (χ3v) is 10.00. The summed E-state index contributed by atoms with van der Waals surface area (Å²) in [6.07, 6.45) is 0. The van der Waals surface area contributed by atoms with Crippen molar-refractivity contribution in [3.8, 4) is 39.5 Å². The fourth-order valence-corrected chi connectivity index (χ4v) is 7.77. The van der Waals surface area contributed by atoms with Crippen LogP contribution in [-0.2, 0) is 5.41 Å². The summed E-state index contributed by atoms with van der Waals surface area (Å²) in [6, 6.07) is 49.4. The van der Waals surface area contributed by atoms with Gasteiger partial charge in [0.05, 0.1) is 27.9 Å². The minimum Gasteiger partial charge on any atom is -0.308 e. The molecule has 3 aromatic heterocycles. The molecule has 0 amide bonds. The normalized spacial score (nSPS) is 13.5. The van der Waals surface area contributed by atoms with E-state index in [9.17, 15) is 0 Å². The van der Waals surface area contributed by atoms with Crippen molar-refractivity contribution in [3.63, 3.8) is 0 Å². The van der Waals surface area contributed by atoms with Crippen LogP contribution in [-0.4, -0.2) is 24.1 Å². The molecule has 222 valence electrons. The van der Waals surface area contributed by atoms with Crippen LogP contribution in [0.15, 0.2) is 140 Å². The monoisotopic (exact) mass is 603 g/mol. The topological polar surface area (TPSA) is 48.0 Å². The highest BCUT2D eigenvalue weighted by molar-refractivity contribution is 6.12. The third kappa shape index (κ3) is 3.62. The number of benzene rings is 6. The molecule has 5 nitrogen and oxygen atoms in total. The minimum absolute atomic E-state index is 0.0733. The van der Waals surface area contributed by atoms with Crippen LogP contribution < -0.4 is 0 Å². The first-order valence-corrected chi connectivity index (χ1v) is 16.1. The molecule has 0 saturated heterocycles. The van der Waals surface area contributed by atoms with Crippen LogP contribution in [0.5, 0.6) is 0 Å². The number of nitrogens with zero attached hydrogens (tertiary/aromatic N) is 5. The molecule has 47 heavy (non-hydrogen) atoms. The van der Waals surface area contributed by atoms with E-state index in [1.807, 2.05) is 34.8 Å². The Bertz CT molecular complexity index is 2710. The van der Waals surface area contributed by atoms with Crippen LogP contribution in [0.25, 0.3) is 77.9 Å². The lowest BCUT2D eigenvalue weighted by Crippen LogP contribution is -2.14. The maximum atomic E-state index is 5.11. The van der Waals surface area contributed by atoms with Crippen molar-refractivity contribution < 1.29 is 0 Å². The van der Waals surface area contributed by atoms with Crippen LogP contribution in [0.4, 0.5) is 0 Å². The fraction of sp³-hybridized carbons (Fsp3) is 0.0714. The van der Waals surface area contributed by atoms with Gasteiger partial charge in [-0.25, -0.2) is 4.98 Å². The number of hydrogen-bond donors (Lipinski definition) is 0. The molecular weight excluding hydrogens is 574 g/mol. The zero-order valence-corrected chi connectivity index (χ0v) is 26.0. The molecule has 0 radical (unpaired) electrons. The van der Waals surface area contributed by atoms with Crippen molar-refractivity contribution in [1.82, 2.24) is 24.1 Å². The summed E-state index contributed by atoms with van der Waals surface area (Å²) in [5, 5.41) is 8.63. The second kappa shape index (κ2) is 9.47. The molecule has 1 aliphatic carbocycles. The molecule has 0 spiro atoms. The maximum absolute atomic E-state index is 5.11. The van der Waals surface area contributed by atoms with Crippen molar-refractivity contribution >= 4 is 38.5 Å². The highest BCUT2D eigenvalue weighted by atomic mass is 15.3. The second-order valence-corrected chi connectivity index (χ2v) is 12.9. The fourth-order valence-electron chi connectivity index (χ4n) is 7.77. The molecule has 10 rings (SSSR count). The lowest BCUT2D eigenvalue weighted by Gasteiger charge is -2.21. The first-order valence-electron chi connectivity index (χ1n) is 16.1.